The summed E-state index contributed by atoms with van der Waals surface area (Å²) in [4.78, 5) is 42.7. The van der Waals surface area contributed by atoms with Gasteiger partial charge in [-0.3, -0.25) is 14.4 Å². The van der Waals surface area contributed by atoms with E-state index in [4.69, 9.17) is 9.47 Å². The number of carbonyl (C=O) groups excluding carboxylic acids is 3. The highest BCUT2D eigenvalue weighted by molar-refractivity contribution is 14.1. The Morgan fingerprint density at radius 3 is 2.05 bits per heavy atom. The lowest BCUT2D eigenvalue weighted by atomic mass is 9.64. The third-order valence-electron chi connectivity index (χ3n) is 8.98. The first-order chi connectivity index (χ1) is 20.6. The minimum Gasteiger partial charge on any atom is -0.490 e. The van der Waals surface area contributed by atoms with E-state index in [1.807, 2.05) is 58.2 Å². The number of benzene rings is 2. The van der Waals surface area contributed by atoms with Crippen molar-refractivity contribution >= 4 is 45.8 Å². The highest BCUT2D eigenvalue weighted by atomic mass is 127. The lowest BCUT2D eigenvalue weighted by molar-refractivity contribution is -0.120. The van der Waals surface area contributed by atoms with E-state index in [9.17, 15) is 14.4 Å². The van der Waals surface area contributed by atoms with Crippen LogP contribution in [0.3, 0.4) is 0 Å². The van der Waals surface area contributed by atoms with E-state index in [0.29, 0.717) is 36.6 Å². The Kier molecular flexibility index (Phi) is 8.79. The number of carbonyl (C=O) groups is 3. The first-order valence-electron chi connectivity index (χ1n) is 15.3. The van der Waals surface area contributed by atoms with Crippen molar-refractivity contribution in [2.75, 3.05) is 25.6 Å². The predicted molar refractivity (Wildman–Crippen MR) is 181 cm³/mol. The molecule has 0 unspecified atom stereocenters. The third-order valence-corrected chi connectivity index (χ3v) is 9.78. The molecule has 1 heterocycles. The van der Waals surface area contributed by atoms with E-state index >= 15 is 0 Å². The standard InChI is InChI=1S/C36H43IN2O5/c1-9-43-29-14-22(13-24(37)34(29)44-19-30(42)38-23-11-10-20(2)21(3)12-23)31-32-25(15-35(4,5)17-27(32)40)39(8)26-16-36(6,7)18-28(41)33(26)31/h10-14,31H,9,15-19H2,1-8H3,(H,38,42). The van der Waals surface area contributed by atoms with E-state index < -0.39 is 5.92 Å². The van der Waals surface area contributed by atoms with Gasteiger partial charge in [-0.05, 0) is 108 Å². The largest absolute Gasteiger partial charge is 0.490 e. The highest BCUT2D eigenvalue weighted by Gasteiger charge is 2.48. The molecule has 1 N–H and O–H groups in total. The number of halogens is 1. The summed E-state index contributed by atoms with van der Waals surface area (Å²) in [6.45, 7) is 14.7. The summed E-state index contributed by atoms with van der Waals surface area (Å²) in [5, 5.41) is 2.90. The van der Waals surface area contributed by atoms with Crippen molar-refractivity contribution in [3.05, 3.63) is 73.1 Å². The van der Waals surface area contributed by atoms with Crippen LogP contribution in [-0.2, 0) is 14.4 Å². The fourth-order valence-corrected chi connectivity index (χ4v) is 7.59. The molecule has 1 aliphatic heterocycles. The van der Waals surface area contributed by atoms with Gasteiger partial charge in [0.25, 0.3) is 5.91 Å². The number of aryl methyl sites for hydroxylation is 2. The number of amides is 1. The zero-order chi connectivity index (χ0) is 32.1. The second-order valence-electron chi connectivity index (χ2n) is 14.0. The molecule has 3 aliphatic rings. The second kappa shape index (κ2) is 12.0. The molecular weight excluding hydrogens is 667 g/mol. The van der Waals surface area contributed by atoms with E-state index in [1.54, 1.807) is 0 Å². The van der Waals surface area contributed by atoms with Crippen LogP contribution >= 0.6 is 22.6 Å². The Morgan fingerprint density at radius 1 is 0.909 bits per heavy atom. The molecular formula is C36H43IN2O5. The lowest BCUT2D eigenvalue weighted by Crippen LogP contribution is -2.43. The topological polar surface area (TPSA) is 84.9 Å². The van der Waals surface area contributed by atoms with Gasteiger partial charge in [-0.1, -0.05) is 33.8 Å². The number of anilines is 1. The zero-order valence-electron chi connectivity index (χ0n) is 27.1. The zero-order valence-corrected chi connectivity index (χ0v) is 29.2. The Balaban J connectivity index is 1.53. The molecule has 5 rings (SSSR count). The van der Waals surface area contributed by atoms with Crippen molar-refractivity contribution in [3.63, 3.8) is 0 Å². The van der Waals surface area contributed by atoms with Crippen molar-refractivity contribution in [1.82, 2.24) is 4.90 Å². The van der Waals surface area contributed by atoms with Crippen LogP contribution < -0.4 is 14.8 Å². The quantitative estimate of drug-likeness (QED) is 0.298. The number of nitrogens with one attached hydrogen (secondary N) is 1. The Morgan fingerprint density at radius 2 is 1.50 bits per heavy atom. The van der Waals surface area contributed by atoms with Gasteiger partial charge in [-0.2, -0.15) is 0 Å². The van der Waals surface area contributed by atoms with Gasteiger partial charge in [0.05, 0.1) is 10.2 Å². The summed E-state index contributed by atoms with van der Waals surface area (Å²) >= 11 is 2.20. The molecule has 1 amide bonds. The Hall–Kier alpha value is -3.14. The van der Waals surface area contributed by atoms with Crippen LogP contribution in [0.4, 0.5) is 5.69 Å². The van der Waals surface area contributed by atoms with Gasteiger partial charge in [-0.25, -0.2) is 0 Å². The fraction of sp³-hybridized carbons (Fsp3) is 0.472. The molecule has 234 valence electrons. The smallest absolute Gasteiger partial charge is 0.262 e. The van der Waals surface area contributed by atoms with Crippen LogP contribution in [0, 0.1) is 28.2 Å². The van der Waals surface area contributed by atoms with Crippen molar-refractivity contribution in [2.45, 2.75) is 80.1 Å². The number of ether oxygens (including phenoxy) is 2. The normalized spacial score (nSPS) is 19.5. The lowest BCUT2D eigenvalue weighted by Gasteiger charge is -2.48. The summed E-state index contributed by atoms with van der Waals surface area (Å²) in [6.07, 6.45) is 2.40. The van der Waals surface area contributed by atoms with E-state index in [1.165, 1.54) is 0 Å². The van der Waals surface area contributed by atoms with E-state index in [2.05, 4.69) is 60.5 Å². The Labute approximate surface area is 274 Å². The molecule has 2 aliphatic carbocycles. The van der Waals surface area contributed by atoms with Crippen LogP contribution in [0.5, 0.6) is 11.5 Å². The molecule has 2 aromatic carbocycles. The predicted octanol–water partition coefficient (Wildman–Crippen LogP) is 7.64. The molecule has 0 fully saturated rings. The Bertz CT molecular complexity index is 1560. The maximum absolute atomic E-state index is 13.9. The van der Waals surface area contributed by atoms with Gasteiger partial charge in [0.1, 0.15) is 0 Å². The number of Topliss-reactive ketones (excluding diaryl/α,β-unsaturated/α-hetero) is 2. The molecule has 0 bridgehead atoms. The number of hydrogen-bond acceptors (Lipinski definition) is 6. The van der Waals surface area contributed by atoms with Gasteiger partial charge in [0, 0.05) is 54.0 Å². The molecule has 0 spiro atoms. The summed E-state index contributed by atoms with van der Waals surface area (Å²) in [6, 6.07) is 9.66. The molecule has 8 heteroatoms. The molecule has 44 heavy (non-hydrogen) atoms. The molecule has 0 saturated carbocycles. The average molecular weight is 711 g/mol. The van der Waals surface area contributed by atoms with Crippen molar-refractivity contribution < 1.29 is 23.9 Å². The average Bonchev–Trinajstić information content (AvgIpc) is 2.90. The van der Waals surface area contributed by atoms with Crippen LogP contribution in [0.1, 0.15) is 82.9 Å². The van der Waals surface area contributed by atoms with Gasteiger partial charge in [-0.15, -0.1) is 0 Å². The summed E-state index contributed by atoms with van der Waals surface area (Å²) < 4.78 is 12.9. The van der Waals surface area contributed by atoms with E-state index in [-0.39, 0.29) is 34.9 Å². The van der Waals surface area contributed by atoms with Crippen LogP contribution in [0.25, 0.3) is 0 Å². The van der Waals surface area contributed by atoms with Crippen LogP contribution in [0.2, 0.25) is 0 Å². The number of rotatable bonds is 7. The van der Waals surface area contributed by atoms with E-state index in [0.717, 1.165) is 55.6 Å². The first kappa shape index (κ1) is 32.3. The molecule has 0 radical (unpaired) electrons. The van der Waals surface area contributed by atoms with Gasteiger partial charge in [0.2, 0.25) is 0 Å². The molecule has 0 saturated heterocycles. The second-order valence-corrected chi connectivity index (χ2v) is 15.2. The first-order valence-corrected chi connectivity index (χ1v) is 16.4. The molecule has 7 nitrogen and oxygen atoms in total. The number of allylic oxidation sites excluding steroid dienone is 4. The molecule has 0 aromatic heterocycles. The van der Waals surface area contributed by atoms with Gasteiger partial charge in [0.15, 0.2) is 29.7 Å². The fourth-order valence-electron chi connectivity index (χ4n) is 6.81. The third kappa shape index (κ3) is 6.32. The van der Waals surface area contributed by atoms with Crippen molar-refractivity contribution in [1.29, 1.82) is 0 Å². The minimum absolute atomic E-state index is 0.0913. The number of hydrogen-bond donors (Lipinski definition) is 1. The summed E-state index contributed by atoms with van der Waals surface area (Å²) in [5.74, 6) is 0.389. The van der Waals surface area contributed by atoms with Crippen molar-refractivity contribution in [2.24, 2.45) is 10.8 Å². The maximum Gasteiger partial charge on any atom is 0.262 e. The summed E-state index contributed by atoms with van der Waals surface area (Å²) in [5.41, 5.74) is 6.93. The maximum atomic E-state index is 13.9. The van der Waals surface area contributed by atoms with Crippen LogP contribution in [-0.4, -0.2) is 42.6 Å². The SMILES string of the molecule is CCOc1cc(C2C3=C(CC(C)(C)CC3=O)N(C)C3=C2C(=O)CC(C)(C)C3)cc(I)c1OCC(=O)Nc1ccc(C)c(C)c1. The molecule has 0 atom stereocenters. The number of ketones is 2. The van der Waals surface area contributed by atoms with Gasteiger partial charge >= 0.3 is 0 Å². The highest BCUT2D eigenvalue weighted by Crippen LogP contribution is 2.54. The number of nitrogens with zero attached hydrogens (tertiary/aromatic N) is 1. The van der Waals surface area contributed by atoms with Gasteiger partial charge < -0.3 is 19.7 Å². The molecule has 2 aromatic rings. The monoisotopic (exact) mass is 710 g/mol. The minimum atomic E-state index is -0.474. The van der Waals surface area contributed by atoms with Crippen molar-refractivity contribution in [3.8, 4) is 11.5 Å². The van der Waals surface area contributed by atoms with Crippen LogP contribution in [0.15, 0.2) is 52.9 Å². The summed E-state index contributed by atoms with van der Waals surface area (Å²) in [7, 11) is 2.01.